The zero-order valence-corrected chi connectivity index (χ0v) is 21.8. The Hall–Kier alpha value is -2.19. The molecule has 0 aromatic heterocycles. The first-order valence-corrected chi connectivity index (χ1v) is 12.5. The smallest absolute Gasteiger partial charge is 0.342 e. The molecule has 2 aliphatic rings. The predicted octanol–water partition coefficient (Wildman–Crippen LogP) is 5.05. The highest BCUT2D eigenvalue weighted by Crippen LogP contribution is 2.34. The normalized spacial score (nSPS) is 29.6. The highest BCUT2D eigenvalue weighted by Gasteiger charge is 2.43. The number of aliphatic hydroxyl groups is 1. The van der Waals surface area contributed by atoms with Crippen LogP contribution in [0.4, 0.5) is 0 Å². The van der Waals surface area contributed by atoms with Crippen molar-refractivity contribution in [1.29, 1.82) is 0 Å². The van der Waals surface area contributed by atoms with Crippen LogP contribution in [0.1, 0.15) is 75.4 Å². The van der Waals surface area contributed by atoms with Crippen LogP contribution in [0, 0.1) is 5.92 Å². The Bertz CT molecular complexity index is 920. The standard InChI is InChI=1S/C28H40O7/c1-7-8-10-20-15-21-11-9-12-23-26(35-28(4,5)34-23)22(29)14-13-18(2)19(3)33-27(30)25(21)24(16-20)32-17-31-6/h9,11,13-16,18-19,22-23,26,29H,7-8,10,12,17H2,1-6H3/b11-9?,14-13-/t18-,19+,22?,23+,26-/m1/s1. The van der Waals surface area contributed by atoms with E-state index in [4.69, 9.17) is 23.7 Å². The van der Waals surface area contributed by atoms with Crippen LogP contribution < -0.4 is 4.74 Å². The van der Waals surface area contributed by atoms with Crippen molar-refractivity contribution in [2.45, 2.75) is 90.5 Å². The van der Waals surface area contributed by atoms with Gasteiger partial charge in [0.2, 0.25) is 0 Å². The topological polar surface area (TPSA) is 83.5 Å². The fraction of sp³-hybridized carbons (Fsp3) is 0.607. The zero-order valence-electron chi connectivity index (χ0n) is 21.8. The number of rotatable bonds is 6. The van der Waals surface area contributed by atoms with E-state index in [1.807, 2.05) is 58.1 Å². The minimum absolute atomic E-state index is 0.0251. The lowest BCUT2D eigenvalue weighted by molar-refractivity contribution is -0.152. The van der Waals surface area contributed by atoms with Crippen molar-refractivity contribution in [3.63, 3.8) is 0 Å². The summed E-state index contributed by atoms with van der Waals surface area (Å²) in [4.78, 5) is 13.4. The van der Waals surface area contributed by atoms with Gasteiger partial charge in [0, 0.05) is 13.0 Å². The third kappa shape index (κ3) is 7.17. The molecule has 3 rings (SSSR count). The summed E-state index contributed by atoms with van der Waals surface area (Å²) in [5.41, 5.74) is 2.17. The zero-order chi connectivity index (χ0) is 25.6. The third-order valence-corrected chi connectivity index (χ3v) is 6.42. The van der Waals surface area contributed by atoms with Gasteiger partial charge in [-0.2, -0.15) is 0 Å². The molecule has 194 valence electrons. The molecular formula is C28H40O7. The number of fused-ring (bicyclic) bond motifs is 2. The molecule has 0 spiro atoms. The van der Waals surface area contributed by atoms with Gasteiger partial charge in [-0.25, -0.2) is 4.79 Å². The number of esters is 1. The number of cyclic esters (lactones) is 1. The van der Waals surface area contributed by atoms with E-state index < -0.39 is 30.1 Å². The molecule has 0 saturated carbocycles. The molecule has 0 aliphatic carbocycles. The second kappa shape index (κ2) is 12.2. The molecule has 0 radical (unpaired) electrons. The molecule has 2 aliphatic heterocycles. The fourth-order valence-electron chi connectivity index (χ4n) is 4.36. The predicted molar refractivity (Wildman–Crippen MR) is 134 cm³/mol. The molecule has 1 saturated heterocycles. The van der Waals surface area contributed by atoms with E-state index in [2.05, 4.69) is 6.92 Å². The van der Waals surface area contributed by atoms with Crippen LogP contribution in [-0.4, -0.2) is 55.2 Å². The van der Waals surface area contributed by atoms with Gasteiger partial charge in [0.05, 0.1) is 6.10 Å². The average molecular weight is 489 g/mol. The van der Waals surface area contributed by atoms with Crippen LogP contribution in [-0.2, 0) is 25.4 Å². The molecule has 1 unspecified atom stereocenters. The molecule has 1 fully saturated rings. The van der Waals surface area contributed by atoms with Crippen LogP contribution in [0.25, 0.3) is 6.08 Å². The van der Waals surface area contributed by atoms with Gasteiger partial charge in [-0.3, -0.25) is 0 Å². The van der Waals surface area contributed by atoms with E-state index in [0.29, 0.717) is 17.7 Å². The second-order valence-electron chi connectivity index (χ2n) is 9.83. The number of carbonyl (C=O) groups excluding carboxylic acids is 1. The Morgan fingerprint density at radius 3 is 2.66 bits per heavy atom. The first kappa shape index (κ1) is 27.4. The third-order valence-electron chi connectivity index (χ3n) is 6.42. The van der Waals surface area contributed by atoms with Crippen molar-refractivity contribution in [3.8, 4) is 5.75 Å². The number of unbranched alkanes of at least 4 members (excludes halogenated alkanes) is 1. The highest BCUT2D eigenvalue weighted by atomic mass is 16.8. The summed E-state index contributed by atoms with van der Waals surface area (Å²) in [5.74, 6) is -0.933. The van der Waals surface area contributed by atoms with Gasteiger partial charge in [0.15, 0.2) is 12.6 Å². The Morgan fingerprint density at radius 1 is 1.17 bits per heavy atom. The van der Waals surface area contributed by atoms with Crippen LogP contribution in [0.5, 0.6) is 5.75 Å². The Balaban J connectivity index is 2.06. The fourth-order valence-corrected chi connectivity index (χ4v) is 4.36. The Morgan fingerprint density at radius 2 is 1.94 bits per heavy atom. The number of ether oxygens (including phenoxy) is 5. The van der Waals surface area contributed by atoms with Crippen molar-refractivity contribution in [1.82, 2.24) is 0 Å². The molecule has 7 nitrogen and oxygen atoms in total. The van der Waals surface area contributed by atoms with E-state index in [-0.39, 0.29) is 18.8 Å². The molecule has 2 heterocycles. The minimum atomic E-state index is -0.842. The van der Waals surface area contributed by atoms with Gasteiger partial charge in [0.1, 0.15) is 29.6 Å². The van der Waals surface area contributed by atoms with Crippen molar-refractivity contribution in [2.24, 2.45) is 5.92 Å². The van der Waals surface area contributed by atoms with Crippen molar-refractivity contribution >= 4 is 12.0 Å². The lowest BCUT2D eigenvalue weighted by atomic mass is 9.97. The maximum absolute atomic E-state index is 13.4. The van der Waals surface area contributed by atoms with E-state index >= 15 is 0 Å². The van der Waals surface area contributed by atoms with Crippen LogP contribution in [0.15, 0.2) is 30.4 Å². The summed E-state index contributed by atoms with van der Waals surface area (Å²) in [5, 5.41) is 10.8. The number of methoxy groups -OCH3 is 1. The molecule has 5 atom stereocenters. The maximum Gasteiger partial charge on any atom is 0.342 e. The van der Waals surface area contributed by atoms with Crippen molar-refractivity contribution in [3.05, 3.63) is 47.1 Å². The number of hydrogen-bond acceptors (Lipinski definition) is 7. The van der Waals surface area contributed by atoms with Gasteiger partial charge in [-0.05, 0) is 57.2 Å². The van der Waals surface area contributed by atoms with Crippen molar-refractivity contribution in [2.75, 3.05) is 13.9 Å². The summed E-state index contributed by atoms with van der Waals surface area (Å²) in [6, 6.07) is 3.92. The SMILES string of the molecule is CCCCc1cc2c(c(OCOC)c1)C(=O)O[C@@H](C)[C@H](C)/C=C\C(O)[C@H]1OC(C)(C)O[C@H]1CC=C2. The Labute approximate surface area is 209 Å². The minimum Gasteiger partial charge on any atom is -0.467 e. The van der Waals surface area contributed by atoms with Gasteiger partial charge in [-0.1, -0.05) is 50.6 Å². The first-order chi connectivity index (χ1) is 16.6. The summed E-state index contributed by atoms with van der Waals surface area (Å²) in [6.07, 6.45) is 8.77. The van der Waals surface area contributed by atoms with Crippen LogP contribution >= 0.6 is 0 Å². The summed E-state index contributed by atoms with van der Waals surface area (Å²) in [7, 11) is 1.55. The highest BCUT2D eigenvalue weighted by molar-refractivity contribution is 5.97. The van der Waals surface area contributed by atoms with Gasteiger partial charge in [-0.15, -0.1) is 0 Å². The maximum atomic E-state index is 13.4. The molecular weight excluding hydrogens is 448 g/mol. The molecule has 35 heavy (non-hydrogen) atoms. The summed E-state index contributed by atoms with van der Waals surface area (Å²) < 4.78 is 28.9. The second-order valence-corrected chi connectivity index (χ2v) is 9.83. The molecule has 0 bridgehead atoms. The first-order valence-electron chi connectivity index (χ1n) is 12.5. The van der Waals surface area contributed by atoms with Gasteiger partial charge >= 0.3 is 5.97 Å². The van der Waals surface area contributed by atoms with Crippen molar-refractivity contribution < 1.29 is 33.6 Å². The molecule has 1 aromatic rings. The van der Waals surface area contributed by atoms with E-state index in [9.17, 15) is 9.90 Å². The largest absolute Gasteiger partial charge is 0.467 e. The lowest BCUT2D eigenvalue weighted by Gasteiger charge is -2.23. The lowest BCUT2D eigenvalue weighted by Crippen LogP contribution is -2.34. The van der Waals surface area contributed by atoms with E-state index in [1.54, 1.807) is 13.2 Å². The van der Waals surface area contributed by atoms with E-state index in [1.165, 1.54) is 0 Å². The molecule has 0 amide bonds. The number of carbonyl (C=O) groups is 1. The monoisotopic (exact) mass is 488 g/mol. The summed E-state index contributed by atoms with van der Waals surface area (Å²) in [6.45, 7) is 9.65. The molecule has 1 N–H and O–H groups in total. The average Bonchev–Trinajstić information content (AvgIpc) is 3.12. The quantitative estimate of drug-likeness (QED) is 0.341. The molecule has 1 aromatic carbocycles. The number of benzene rings is 1. The Kier molecular flexibility index (Phi) is 9.53. The summed E-state index contributed by atoms with van der Waals surface area (Å²) >= 11 is 0. The van der Waals surface area contributed by atoms with E-state index in [0.717, 1.165) is 30.4 Å². The van der Waals surface area contributed by atoms with Crippen LogP contribution in [0.2, 0.25) is 0 Å². The number of hydrogen-bond donors (Lipinski definition) is 1. The number of aryl methyl sites for hydroxylation is 1. The van der Waals surface area contributed by atoms with Gasteiger partial charge < -0.3 is 28.8 Å². The van der Waals surface area contributed by atoms with Crippen LogP contribution in [0.3, 0.4) is 0 Å². The number of aliphatic hydroxyl groups excluding tert-OH is 1. The molecule has 7 heteroatoms. The van der Waals surface area contributed by atoms with Gasteiger partial charge in [0.25, 0.3) is 0 Å².